The first-order chi connectivity index (χ1) is 14.6. The molecule has 0 amide bonds. The Hall–Kier alpha value is -1.66. The van der Waals surface area contributed by atoms with Crippen LogP contribution >= 0.6 is 0 Å². The zero-order chi connectivity index (χ0) is 23.5. The number of aliphatic hydroxyl groups excluding tert-OH is 1. The predicted molar refractivity (Wildman–Crippen MR) is 126 cm³/mol. The Morgan fingerprint density at radius 3 is 2.23 bits per heavy atom. The Labute approximate surface area is 189 Å². The highest BCUT2D eigenvalue weighted by molar-refractivity contribution is 5.71. The largest absolute Gasteiger partial charge is 0.481 e. The van der Waals surface area contributed by atoms with Crippen molar-refractivity contribution in [1.29, 1.82) is 0 Å². The van der Waals surface area contributed by atoms with Crippen LogP contribution in [0.1, 0.15) is 84.0 Å². The summed E-state index contributed by atoms with van der Waals surface area (Å²) in [4.78, 5) is 23.0. The van der Waals surface area contributed by atoms with Crippen molar-refractivity contribution in [2.75, 3.05) is 27.7 Å². The lowest BCUT2D eigenvalue weighted by molar-refractivity contribution is -0.873. The summed E-state index contributed by atoms with van der Waals surface area (Å²) in [5, 5.41) is 18.9. The van der Waals surface area contributed by atoms with Gasteiger partial charge in [0.25, 0.3) is 0 Å². The molecule has 6 nitrogen and oxygen atoms in total. The number of aliphatic carboxylic acids is 1. The number of likely N-dealkylation sites (N-methyl/N-ethyl adjacent to an activating group) is 1. The second kappa shape index (κ2) is 18.0. The number of unbranched alkanes of at least 4 members (excludes halogenated alkanes) is 7. The van der Waals surface area contributed by atoms with Gasteiger partial charge in [0.15, 0.2) is 6.10 Å². The van der Waals surface area contributed by atoms with Gasteiger partial charge in [0.1, 0.15) is 6.54 Å². The molecule has 0 aromatic rings. The van der Waals surface area contributed by atoms with Crippen LogP contribution in [0.15, 0.2) is 24.3 Å². The summed E-state index contributed by atoms with van der Waals surface area (Å²) in [5.41, 5.74) is 0. The van der Waals surface area contributed by atoms with E-state index >= 15 is 0 Å². The van der Waals surface area contributed by atoms with Crippen molar-refractivity contribution < 1.29 is 29.0 Å². The third-order valence-electron chi connectivity index (χ3n) is 4.83. The first-order valence-electron chi connectivity index (χ1n) is 11.9. The average Bonchev–Trinajstić information content (AvgIpc) is 2.64. The number of aliphatic hydroxyl groups is 1. The molecule has 0 saturated heterocycles. The smallest absolute Gasteiger partial charge is 0.307 e. The molecule has 0 spiro atoms. The summed E-state index contributed by atoms with van der Waals surface area (Å²) in [6.45, 7) is 2.67. The Morgan fingerprint density at radius 1 is 0.935 bits per heavy atom. The molecule has 180 valence electrons. The van der Waals surface area contributed by atoms with Crippen molar-refractivity contribution in [1.82, 2.24) is 0 Å². The van der Waals surface area contributed by atoms with Gasteiger partial charge in [0, 0.05) is 6.42 Å². The average molecular weight is 441 g/mol. The molecule has 0 fully saturated rings. The van der Waals surface area contributed by atoms with Crippen LogP contribution in [-0.4, -0.2) is 66.5 Å². The van der Waals surface area contributed by atoms with E-state index in [0.717, 1.165) is 38.5 Å². The minimum absolute atomic E-state index is 0.159. The summed E-state index contributed by atoms with van der Waals surface area (Å²) < 4.78 is 5.93. The van der Waals surface area contributed by atoms with E-state index in [1.807, 2.05) is 33.3 Å². The number of carboxylic acids is 1. The molecular weight excluding hydrogens is 394 g/mol. The fourth-order valence-electron chi connectivity index (χ4n) is 3.28. The van der Waals surface area contributed by atoms with Gasteiger partial charge < -0.3 is 19.4 Å². The van der Waals surface area contributed by atoms with Crippen LogP contribution in [0.2, 0.25) is 0 Å². The van der Waals surface area contributed by atoms with Gasteiger partial charge in [0.05, 0.1) is 33.7 Å². The number of nitrogens with zero attached hydrogens (tertiary/aromatic N) is 1. The van der Waals surface area contributed by atoms with Crippen molar-refractivity contribution in [3.8, 4) is 0 Å². The fraction of sp³-hybridized carbons (Fsp3) is 0.760. The first-order valence-corrected chi connectivity index (χ1v) is 11.9. The number of rotatable bonds is 19. The number of hydrogen-bond donors (Lipinski definition) is 2. The second-order valence-corrected chi connectivity index (χ2v) is 9.33. The molecule has 0 aromatic carbocycles. The van der Waals surface area contributed by atoms with Gasteiger partial charge >= 0.3 is 11.9 Å². The zero-order valence-electron chi connectivity index (χ0n) is 20.2. The van der Waals surface area contributed by atoms with Crippen LogP contribution in [0.25, 0.3) is 0 Å². The van der Waals surface area contributed by atoms with E-state index in [1.165, 1.54) is 19.3 Å². The molecular formula is C25H46NO5+. The van der Waals surface area contributed by atoms with Crippen LogP contribution in [-0.2, 0) is 14.3 Å². The van der Waals surface area contributed by atoms with Crippen LogP contribution < -0.4 is 0 Å². The van der Waals surface area contributed by atoms with Crippen LogP contribution in [0, 0.1) is 0 Å². The van der Waals surface area contributed by atoms with Gasteiger partial charge in [-0.15, -0.1) is 0 Å². The van der Waals surface area contributed by atoms with Crippen molar-refractivity contribution in [3.63, 3.8) is 0 Å². The molecule has 0 aliphatic rings. The summed E-state index contributed by atoms with van der Waals surface area (Å²) in [7, 11) is 5.84. The standard InChI is InChI=1S/C25H45NO5/c1-5-6-7-8-11-14-17-22(27)18-15-12-9-10-13-16-19-25(30)31-23(20-24(28)29)21-26(2,3)4/h11,14-15,18,22-23,27H,5-10,12-13,16-17,19-21H2,1-4H3/p+1/b14-11+,18-15+. The monoisotopic (exact) mass is 440 g/mol. The van der Waals surface area contributed by atoms with E-state index in [9.17, 15) is 14.7 Å². The molecule has 2 atom stereocenters. The molecule has 6 heteroatoms. The molecule has 31 heavy (non-hydrogen) atoms. The van der Waals surface area contributed by atoms with Gasteiger partial charge in [-0.1, -0.05) is 56.9 Å². The Morgan fingerprint density at radius 2 is 1.58 bits per heavy atom. The molecule has 0 aromatic heterocycles. The highest BCUT2D eigenvalue weighted by atomic mass is 16.5. The van der Waals surface area contributed by atoms with Gasteiger partial charge in [-0.2, -0.15) is 0 Å². The number of carboxylic acid groups (broad SMARTS) is 1. The number of carbonyl (C=O) groups is 2. The summed E-state index contributed by atoms with van der Waals surface area (Å²) in [6, 6.07) is 0. The Bertz CT molecular complexity index is 537. The summed E-state index contributed by atoms with van der Waals surface area (Å²) in [5.74, 6) is -1.27. The normalized spacial score (nSPS) is 14.2. The van der Waals surface area contributed by atoms with Crippen molar-refractivity contribution in [2.24, 2.45) is 0 Å². The van der Waals surface area contributed by atoms with E-state index in [2.05, 4.69) is 19.1 Å². The second-order valence-electron chi connectivity index (χ2n) is 9.33. The minimum Gasteiger partial charge on any atom is -0.481 e. The number of allylic oxidation sites excluding steroid dienone is 2. The highest BCUT2D eigenvalue weighted by Crippen LogP contribution is 2.11. The third kappa shape index (κ3) is 21.4. The minimum atomic E-state index is -0.951. The van der Waals surface area contributed by atoms with Crippen LogP contribution in [0.3, 0.4) is 0 Å². The summed E-state index contributed by atoms with van der Waals surface area (Å²) in [6.07, 6.45) is 17.4. The van der Waals surface area contributed by atoms with E-state index in [1.54, 1.807) is 0 Å². The Kier molecular flexibility index (Phi) is 17.0. The third-order valence-corrected chi connectivity index (χ3v) is 4.83. The molecule has 0 aliphatic carbocycles. The maximum Gasteiger partial charge on any atom is 0.307 e. The number of ether oxygens (including phenoxy) is 1. The molecule has 0 aliphatic heterocycles. The summed E-state index contributed by atoms with van der Waals surface area (Å²) >= 11 is 0. The van der Waals surface area contributed by atoms with Crippen molar-refractivity contribution in [2.45, 2.75) is 96.2 Å². The molecule has 0 saturated carbocycles. The number of hydrogen-bond acceptors (Lipinski definition) is 4. The lowest BCUT2D eigenvalue weighted by Crippen LogP contribution is -2.43. The SMILES string of the molecule is CCCCC/C=C/CC(O)/C=C/CCCCCCC(=O)OC(CC(=O)O)C[N+](C)(C)C. The Balaban J connectivity index is 3.85. The van der Waals surface area contributed by atoms with Gasteiger partial charge in [-0.25, -0.2) is 0 Å². The molecule has 0 radical (unpaired) electrons. The lowest BCUT2D eigenvalue weighted by atomic mass is 10.1. The zero-order valence-corrected chi connectivity index (χ0v) is 20.2. The van der Waals surface area contributed by atoms with Gasteiger partial charge in [0.2, 0.25) is 0 Å². The molecule has 2 unspecified atom stereocenters. The van der Waals surface area contributed by atoms with Crippen LogP contribution in [0.4, 0.5) is 0 Å². The van der Waals surface area contributed by atoms with Gasteiger partial charge in [-0.3, -0.25) is 9.59 Å². The maximum atomic E-state index is 12.0. The van der Waals surface area contributed by atoms with Crippen molar-refractivity contribution in [3.05, 3.63) is 24.3 Å². The lowest BCUT2D eigenvalue weighted by Gasteiger charge is -2.28. The van der Waals surface area contributed by atoms with E-state index < -0.39 is 18.2 Å². The molecule has 0 heterocycles. The van der Waals surface area contributed by atoms with E-state index in [-0.39, 0.29) is 12.4 Å². The highest BCUT2D eigenvalue weighted by Gasteiger charge is 2.24. The fourth-order valence-corrected chi connectivity index (χ4v) is 3.28. The topological polar surface area (TPSA) is 83.8 Å². The van der Waals surface area contributed by atoms with E-state index in [4.69, 9.17) is 9.84 Å². The quantitative estimate of drug-likeness (QED) is 0.130. The number of quaternary nitrogens is 1. The molecule has 2 N–H and O–H groups in total. The van der Waals surface area contributed by atoms with Gasteiger partial charge in [-0.05, 0) is 38.5 Å². The first kappa shape index (κ1) is 29.3. The number of carbonyl (C=O) groups excluding carboxylic acids is 1. The van der Waals surface area contributed by atoms with Crippen LogP contribution in [0.5, 0.6) is 0 Å². The van der Waals surface area contributed by atoms with Crippen molar-refractivity contribution >= 4 is 11.9 Å². The molecule has 0 bridgehead atoms. The maximum absolute atomic E-state index is 12.0. The molecule has 0 rings (SSSR count). The number of esters is 1. The predicted octanol–water partition coefficient (Wildman–Crippen LogP) is 4.86. The van der Waals surface area contributed by atoms with E-state index in [0.29, 0.717) is 23.9 Å².